The van der Waals surface area contributed by atoms with Crippen LogP contribution in [0.4, 0.5) is 0 Å². The molecule has 3 nitrogen and oxygen atoms in total. The molecule has 0 amide bonds. The van der Waals surface area contributed by atoms with E-state index in [1.165, 1.54) is 110 Å². The fourth-order valence-corrected chi connectivity index (χ4v) is 16.0. The van der Waals surface area contributed by atoms with Crippen molar-refractivity contribution in [3.63, 3.8) is 0 Å². The smallest absolute Gasteiger partial charge is 0.174 e. The third-order valence-electron chi connectivity index (χ3n) is 18.4. The molecule has 5 aliphatic rings. The molecule has 0 N–H and O–H groups in total. The highest BCUT2D eigenvalue weighted by Gasteiger charge is 2.53. The topological polar surface area (TPSA) is 38.7 Å². The summed E-state index contributed by atoms with van der Waals surface area (Å²) in [7, 11) is 0. The van der Waals surface area contributed by atoms with Crippen molar-refractivity contribution in [1.29, 1.82) is 0 Å². The van der Waals surface area contributed by atoms with Crippen LogP contribution in [0.25, 0.3) is 100.0 Å². The van der Waals surface area contributed by atoms with Crippen LogP contribution in [0, 0.1) is 0 Å². The van der Waals surface area contributed by atoms with Gasteiger partial charge in [-0.25, -0.2) is 15.0 Å². The van der Waals surface area contributed by atoms with Gasteiger partial charge >= 0.3 is 0 Å². The lowest BCUT2D eigenvalue weighted by Crippen LogP contribution is -2.26. The highest BCUT2D eigenvalue weighted by molar-refractivity contribution is 7.22. The SMILES string of the molecule is C(=C(c1ccc2c(c1)C1(c3ccccc3-c3ccccc31)c1ccccc1-2)c1ccc2c(c1)C1(c3ccccc3-c3ccccc31)c1ccccc1-2)c1ccc(-c2nc(C3=Cc4ccccc4C3)nc(-c3cc4ccccc4s3)n2)cc1. The molecule has 0 saturated heterocycles. The second-order valence-electron chi connectivity index (χ2n) is 22.5. The molecule has 2 aromatic heterocycles. The molecule has 0 unspecified atom stereocenters. The van der Waals surface area contributed by atoms with Crippen LogP contribution in [-0.4, -0.2) is 15.0 Å². The maximum absolute atomic E-state index is 5.27. The number of hydrogen-bond acceptors (Lipinski definition) is 4. The molecule has 380 valence electrons. The van der Waals surface area contributed by atoms with E-state index in [1.54, 1.807) is 11.3 Å². The Kier molecular flexibility index (Phi) is 9.58. The molecule has 0 radical (unpaired) electrons. The van der Waals surface area contributed by atoms with Crippen molar-refractivity contribution < 1.29 is 0 Å². The normalized spacial score (nSPS) is 14.3. The molecule has 5 aliphatic carbocycles. The fourth-order valence-electron chi connectivity index (χ4n) is 15.0. The van der Waals surface area contributed by atoms with E-state index < -0.39 is 10.8 Å². The number of allylic oxidation sites excluding steroid dienone is 1. The summed E-state index contributed by atoms with van der Waals surface area (Å²) in [4.78, 5) is 16.8. The predicted molar refractivity (Wildman–Crippen MR) is 337 cm³/mol. The summed E-state index contributed by atoms with van der Waals surface area (Å²) in [5, 5.41) is 1.19. The van der Waals surface area contributed by atoms with Crippen molar-refractivity contribution in [1.82, 2.24) is 15.0 Å². The monoisotopic (exact) mass is 1060 g/mol. The van der Waals surface area contributed by atoms with Crippen molar-refractivity contribution >= 4 is 44.7 Å². The van der Waals surface area contributed by atoms with Gasteiger partial charge in [0.2, 0.25) is 0 Å². The van der Waals surface area contributed by atoms with Gasteiger partial charge < -0.3 is 0 Å². The van der Waals surface area contributed by atoms with Crippen molar-refractivity contribution in [2.24, 2.45) is 0 Å². The number of hydrogen-bond donors (Lipinski definition) is 0. The molecule has 13 aromatic rings. The first-order chi connectivity index (χ1) is 40.6. The van der Waals surface area contributed by atoms with E-state index in [4.69, 9.17) is 15.0 Å². The van der Waals surface area contributed by atoms with Crippen LogP contribution < -0.4 is 0 Å². The Morgan fingerprint density at radius 3 is 1.29 bits per heavy atom. The molecule has 0 saturated carbocycles. The predicted octanol–water partition coefficient (Wildman–Crippen LogP) is 18.8. The Morgan fingerprint density at radius 1 is 0.366 bits per heavy atom. The van der Waals surface area contributed by atoms with Gasteiger partial charge in [-0.1, -0.05) is 237 Å². The fraction of sp³-hybridized carbons (Fsp3) is 0.0385. The number of aromatic nitrogens is 3. The Bertz CT molecular complexity index is 4620. The lowest BCUT2D eigenvalue weighted by atomic mass is 9.69. The van der Waals surface area contributed by atoms with Gasteiger partial charge in [0.15, 0.2) is 17.5 Å². The van der Waals surface area contributed by atoms with Gasteiger partial charge in [-0.05, 0) is 164 Å². The standard InChI is InChI=1S/C78H47N3S/c1-2-18-50-43-54(42-49(50)17-1)75-79-74(80-76(81-75)73-46-53-19-3-16-32-72(53)82-73)48-35-33-47(34-36-48)41-63(51-37-39-61-59-24-8-14-30-68(59)77(70(61)44-51)64-26-10-4-20-55(64)56-21-5-11-27-65(56)77)52-38-40-62-60-25-9-15-31-69(60)78(71(62)45-52)66-28-12-6-22-57(66)58-23-7-13-29-67(58)78/h1-42,44-46H,43H2. The van der Waals surface area contributed by atoms with E-state index in [2.05, 4.69) is 273 Å². The number of nitrogens with zero attached hydrogens (tertiary/aromatic N) is 3. The third-order valence-corrected chi connectivity index (χ3v) is 19.5. The molecular weight excluding hydrogens is 1010 g/mol. The van der Waals surface area contributed by atoms with Gasteiger partial charge in [0.1, 0.15) is 0 Å². The molecule has 4 heteroatoms. The number of rotatable bonds is 6. The number of thiophene rings is 1. The second kappa shape index (κ2) is 17.2. The Balaban J connectivity index is 0.839. The molecular formula is C78H47N3S. The first kappa shape index (κ1) is 45.7. The summed E-state index contributed by atoms with van der Waals surface area (Å²) in [5.41, 5.74) is 29.1. The van der Waals surface area contributed by atoms with Gasteiger partial charge in [-0.3, -0.25) is 0 Å². The van der Waals surface area contributed by atoms with Gasteiger partial charge in [-0.2, -0.15) is 0 Å². The average Bonchev–Trinajstić information content (AvgIpc) is 1.64. The zero-order chi connectivity index (χ0) is 53.7. The molecule has 18 rings (SSSR count). The minimum absolute atomic E-state index is 0.488. The first-order valence-corrected chi connectivity index (χ1v) is 29.2. The lowest BCUT2D eigenvalue weighted by Gasteiger charge is -2.31. The van der Waals surface area contributed by atoms with E-state index in [9.17, 15) is 0 Å². The summed E-state index contributed by atoms with van der Waals surface area (Å²) in [5.74, 6) is 2.07. The zero-order valence-corrected chi connectivity index (χ0v) is 45.3. The van der Waals surface area contributed by atoms with Crippen molar-refractivity contribution in [3.05, 3.63) is 339 Å². The lowest BCUT2D eigenvalue weighted by molar-refractivity contribution is 0.792. The second-order valence-corrected chi connectivity index (χ2v) is 23.6. The maximum atomic E-state index is 5.27. The van der Waals surface area contributed by atoms with Gasteiger partial charge in [-0.15, -0.1) is 11.3 Å². The molecule has 0 fully saturated rings. The Hall–Kier alpha value is -10.1. The summed E-state index contributed by atoms with van der Waals surface area (Å²) < 4.78 is 1.21. The van der Waals surface area contributed by atoms with Crippen LogP contribution in [0.5, 0.6) is 0 Å². The highest BCUT2D eigenvalue weighted by Crippen LogP contribution is 2.65. The maximum Gasteiger partial charge on any atom is 0.174 e. The van der Waals surface area contributed by atoms with Gasteiger partial charge in [0, 0.05) is 22.3 Å². The molecule has 0 aliphatic heterocycles. The van der Waals surface area contributed by atoms with E-state index in [-0.39, 0.29) is 0 Å². The highest BCUT2D eigenvalue weighted by atomic mass is 32.1. The first-order valence-electron chi connectivity index (χ1n) is 28.4. The third kappa shape index (κ3) is 6.27. The van der Waals surface area contributed by atoms with Crippen LogP contribution in [0.15, 0.2) is 261 Å². The van der Waals surface area contributed by atoms with E-state index >= 15 is 0 Å². The minimum atomic E-state index is -0.488. The van der Waals surface area contributed by atoms with Gasteiger partial charge in [0.25, 0.3) is 0 Å². The van der Waals surface area contributed by atoms with Gasteiger partial charge in [0.05, 0.1) is 15.7 Å². The Morgan fingerprint density at radius 2 is 0.793 bits per heavy atom. The zero-order valence-electron chi connectivity index (χ0n) is 44.4. The molecule has 0 bridgehead atoms. The largest absolute Gasteiger partial charge is 0.209 e. The van der Waals surface area contributed by atoms with Crippen molar-refractivity contribution in [2.75, 3.05) is 0 Å². The van der Waals surface area contributed by atoms with Crippen LogP contribution in [0.1, 0.15) is 78.1 Å². The summed E-state index contributed by atoms with van der Waals surface area (Å²) in [6.45, 7) is 0. The summed E-state index contributed by atoms with van der Waals surface area (Å²) >= 11 is 1.72. The summed E-state index contributed by atoms with van der Waals surface area (Å²) in [6, 6.07) is 97.4. The van der Waals surface area contributed by atoms with Crippen LogP contribution in [-0.2, 0) is 17.3 Å². The van der Waals surface area contributed by atoms with Crippen molar-refractivity contribution in [2.45, 2.75) is 17.3 Å². The van der Waals surface area contributed by atoms with Crippen molar-refractivity contribution in [3.8, 4) is 66.6 Å². The van der Waals surface area contributed by atoms with E-state index in [0.717, 1.165) is 44.7 Å². The van der Waals surface area contributed by atoms with E-state index in [1.807, 2.05) is 0 Å². The molecule has 82 heavy (non-hydrogen) atoms. The quantitative estimate of drug-likeness (QED) is 0.156. The molecule has 0 atom stereocenters. The molecule has 11 aromatic carbocycles. The van der Waals surface area contributed by atoms with Crippen LogP contribution >= 0.6 is 11.3 Å². The summed E-state index contributed by atoms with van der Waals surface area (Å²) in [6.07, 6.45) is 5.43. The van der Waals surface area contributed by atoms with Crippen LogP contribution in [0.2, 0.25) is 0 Å². The average molecular weight is 1060 g/mol. The van der Waals surface area contributed by atoms with Crippen LogP contribution in [0.3, 0.4) is 0 Å². The number of benzene rings is 11. The van der Waals surface area contributed by atoms with E-state index in [0.29, 0.717) is 17.5 Å². The minimum Gasteiger partial charge on any atom is -0.209 e. The molecule has 2 heterocycles. The Labute approximate surface area is 479 Å². The molecule has 2 spiro atoms. The number of fused-ring (bicyclic) bond motifs is 22.